The minimum absolute atomic E-state index is 0.119. The van der Waals surface area contributed by atoms with E-state index in [1.54, 1.807) is 14.2 Å². The molecule has 0 aromatic rings. The number of nitrogens with one attached hydrogen (secondary N) is 2. The van der Waals surface area contributed by atoms with Crippen LogP contribution in [0.1, 0.15) is 12.8 Å². The lowest BCUT2D eigenvalue weighted by Gasteiger charge is -2.06. The van der Waals surface area contributed by atoms with Gasteiger partial charge in [-0.25, -0.2) is 13.1 Å². The molecule has 0 saturated heterocycles. The smallest absolute Gasteiger partial charge is 0.212 e. The molecule has 0 spiro atoms. The minimum atomic E-state index is -3.12. The van der Waals surface area contributed by atoms with Crippen LogP contribution in [-0.4, -0.2) is 61.2 Å². The van der Waals surface area contributed by atoms with Crippen LogP contribution in [0.2, 0.25) is 0 Å². The highest BCUT2D eigenvalue weighted by atomic mass is 32.2. The molecular formula is C10H24N2O4S. The van der Waals surface area contributed by atoms with Gasteiger partial charge in [-0.1, -0.05) is 0 Å². The average Bonchev–Trinajstić information content (AvgIpc) is 2.30. The van der Waals surface area contributed by atoms with Gasteiger partial charge in [-0.15, -0.1) is 0 Å². The zero-order chi connectivity index (χ0) is 13.0. The lowest BCUT2D eigenvalue weighted by molar-refractivity contribution is 0.0689. The Kier molecular flexibility index (Phi) is 10.8. The molecule has 0 aliphatic carbocycles. The van der Waals surface area contributed by atoms with Gasteiger partial charge in [-0.2, -0.15) is 0 Å². The van der Waals surface area contributed by atoms with E-state index >= 15 is 0 Å². The zero-order valence-electron chi connectivity index (χ0n) is 10.7. The number of hydrogen-bond donors (Lipinski definition) is 2. The number of ether oxygens (including phenoxy) is 2. The number of unbranched alkanes of at least 4 members (excludes halogenated alkanes) is 1. The fourth-order valence-electron chi connectivity index (χ4n) is 1.11. The van der Waals surface area contributed by atoms with Gasteiger partial charge in [0.05, 0.1) is 19.0 Å². The maximum atomic E-state index is 11.4. The molecule has 7 heteroatoms. The van der Waals surface area contributed by atoms with Crippen molar-refractivity contribution in [3.63, 3.8) is 0 Å². The van der Waals surface area contributed by atoms with Crippen molar-refractivity contribution in [3.8, 4) is 0 Å². The highest BCUT2D eigenvalue weighted by Crippen LogP contribution is 1.91. The lowest BCUT2D eigenvalue weighted by Crippen LogP contribution is -2.31. The Labute approximate surface area is 104 Å². The van der Waals surface area contributed by atoms with Crippen molar-refractivity contribution in [2.24, 2.45) is 0 Å². The fourth-order valence-corrected chi connectivity index (χ4v) is 2.18. The minimum Gasteiger partial charge on any atom is -0.382 e. The molecular weight excluding hydrogens is 244 g/mol. The Hall–Kier alpha value is -0.210. The number of sulfonamides is 1. The van der Waals surface area contributed by atoms with Crippen molar-refractivity contribution in [1.29, 1.82) is 0 Å². The molecule has 17 heavy (non-hydrogen) atoms. The van der Waals surface area contributed by atoms with Crippen LogP contribution >= 0.6 is 0 Å². The summed E-state index contributed by atoms with van der Waals surface area (Å²) >= 11 is 0. The third kappa shape index (κ3) is 12.0. The first kappa shape index (κ1) is 16.8. The molecule has 0 aromatic carbocycles. The molecule has 0 heterocycles. The molecule has 0 unspecified atom stereocenters. The van der Waals surface area contributed by atoms with Crippen LogP contribution in [0.4, 0.5) is 0 Å². The Balaban J connectivity index is 3.32. The number of hydrogen-bond acceptors (Lipinski definition) is 5. The van der Waals surface area contributed by atoms with Crippen LogP contribution < -0.4 is 10.0 Å². The number of methoxy groups -OCH3 is 1. The van der Waals surface area contributed by atoms with E-state index in [1.807, 2.05) is 0 Å². The predicted octanol–water partition coefficient (Wildman–Crippen LogP) is -0.432. The lowest BCUT2D eigenvalue weighted by atomic mass is 10.3. The van der Waals surface area contributed by atoms with Gasteiger partial charge in [0.25, 0.3) is 0 Å². The third-order valence-electron chi connectivity index (χ3n) is 2.09. The van der Waals surface area contributed by atoms with Crippen molar-refractivity contribution in [3.05, 3.63) is 0 Å². The summed E-state index contributed by atoms with van der Waals surface area (Å²) in [6.45, 7) is 2.76. The second-order valence-electron chi connectivity index (χ2n) is 3.63. The summed E-state index contributed by atoms with van der Waals surface area (Å²) in [6.07, 6.45) is 1.63. The van der Waals surface area contributed by atoms with Gasteiger partial charge in [-0.3, -0.25) is 0 Å². The molecule has 0 saturated carbocycles. The fraction of sp³-hybridized carbons (Fsp3) is 1.00. The Morgan fingerprint density at radius 3 is 2.47 bits per heavy atom. The Morgan fingerprint density at radius 2 is 1.82 bits per heavy atom. The SMILES string of the molecule is CNCCS(=O)(=O)NCCCCOCCOC. The highest BCUT2D eigenvalue weighted by molar-refractivity contribution is 7.89. The molecule has 6 nitrogen and oxygen atoms in total. The van der Waals surface area contributed by atoms with Gasteiger partial charge < -0.3 is 14.8 Å². The maximum Gasteiger partial charge on any atom is 0.212 e. The highest BCUT2D eigenvalue weighted by Gasteiger charge is 2.07. The summed E-state index contributed by atoms with van der Waals surface area (Å²) in [6, 6.07) is 0. The average molecular weight is 268 g/mol. The van der Waals surface area contributed by atoms with Gasteiger partial charge in [0.15, 0.2) is 0 Å². The first-order chi connectivity index (χ1) is 8.12. The second-order valence-corrected chi connectivity index (χ2v) is 5.56. The van der Waals surface area contributed by atoms with Gasteiger partial charge in [0, 0.05) is 26.8 Å². The standard InChI is InChI=1S/C10H24N2O4S/c1-11-6-10-17(13,14)12-5-3-4-7-16-9-8-15-2/h11-12H,3-10H2,1-2H3. The van der Waals surface area contributed by atoms with E-state index in [-0.39, 0.29) is 5.75 Å². The number of rotatable bonds is 12. The molecule has 0 fully saturated rings. The molecule has 0 rings (SSSR count). The summed E-state index contributed by atoms with van der Waals surface area (Å²) < 4.78 is 35.4. The second kappa shape index (κ2) is 10.9. The van der Waals surface area contributed by atoms with E-state index in [9.17, 15) is 8.42 Å². The van der Waals surface area contributed by atoms with Gasteiger partial charge in [-0.05, 0) is 19.9 Å². The van der Waals surface area contributed by atoms with Crippen LogP contribution in [0.15, 0.2) is 0 Å². The van der Waals surface area contributed by atoms with E-state index in [2.05, 4.69) is 10.0 Å². The molecule has 0 amide bonds. The molecule has 2 N–H and O–H groups in total. The van der Waals surface area contributed by atoms with E-state index in [4.69, 9.17) is 9.47 Å². The first-order valence-electron chi connectivity index (χ1n) is 5.81. The van der Waals surface area contributed by atoms with Gasteiger partial charge in [0.2, 0.25) is 10.0 Å². The van der Waals surface area contributed by atoms with E-state index < -0.39 is 10.0 Å². The summed E-state index contributed by atoms with van der Waals surface area (Å²) in [5, 5.41) is 2.80. The van der Waals surface area contributed by atoms with Crippen LogP contribution in [-0.2, 0) is 19.5 Å². The molecule has 0 radical (unpaired) electrons. The first-order valence-corrected chi connectivity index (χ1v) is 7.46. The van der Waals surface area contributed by atoms with Crippen LogP contribution in [0.25, 0.3) is 0 Å². The van der Waals surface area contributed by atoms with Gasteiger partial charge >= 0.3 is 0 Å². The molecule has 0 atom stereocenters. The Bertz CT molecular complexity index is 257. The van der Waals surface area contributed by atoms with Crippen molar-refractivity contribution in [1.82, 2.24) is 10.0 Å². The molecule has 0 aromatic heterocycles. The summed E-state index contributed by atoms with van der Waals surface area (Å²) in [5.41, 5.74) is 0. The quantitative estimate of drug-likeness (QED) is 0.470. The van der Waals surface area contributed by atoms with Crippen LogP contribution in [0.3, 0.4) is 0 Å². The summed E-state index contributed by atoms with van der Waals surface area (Å²) in [5.74, 6) is 0.119. The maximum absolute atomic E-state index is 11.4. The van der Waals surface area contributed by atoms with E-state index in [1.165, 1.54) is 0 Å². The molecule has 0 aliphatic rings. The van der Waals surface area contributed by atoms with E-state index in [0.29, 0.717) is 32.9 Å². The third-order valence-corrected chi connectivity index (χ3v) is 3.48. The summed E-state index contributed by atoms with van der Waals surface area (Å²) in [7, 11) is 0.239. The predicted molar refractivity (Wildman–Crippen MR) is 67.6 cm³/mol. The van der Waals surface area contributed by atoms with Gasteiger partial charge in [0.1, 0.15) is 0 Å². The monoisotopic (exact) mass is 268 g/mol. The molecule has 104 valence electrons. The normalized spacial score (nSPS) is 11.9. The van der Waals surface area contributed by atoms with Crippen LogP contribution in [0, 0.1) is 0 Å². The van der Waals surface area contributed by atoms with Crippen molar-refractivity contribution >= 4 is 10.0 Å². The summed E-state index contributed by atoms with van der Waals surface area (Å²) in [4.78, 5) is 0. The largest absolute Gasteiger partial charge is 0.382 e. The molecule has 0 aliphatic heterocycles. The zero-order valence-corrected chi connectivity index (χ0v) is 11.5. The van der Waals surface area contributed by atoms with E-state index in [0.717, 1.165) is 12.8 Å². The Morgan fingerprint density at radius 1 is 1.06 bits per heavy atom. The van der Waals surface area contributed by atoms with Crippen LogP contribution in [0.5, 0.6) is 0 Å². The molecule has 0 bridgehead atoms. The van der Waals surface area contributed by atoms with Crippen molar-refractivity contribution < 1.29 is 17.9 Å². The van der Waals surface area contributed by atoms with Crippen molar-refractivity contribution in [2.75, 3.05) is 52.8 Å². The van der Waals surface area contributed by atoms with Crippen molar-refractivity contribution in [2.45, 2.75) is 12.8 Å². The topological polar surface area (TPSA) is 76.7 Å².